The zero-order chi connectivity index (χ0) is 16.4. The molecule has 0 radical (unpaired) electrons. The molecule has 0 bridgehead atoms. The number of anilines is 1. The Morgan fingerprint density at radius 3 is 2.91 bits per heavy atom. The number of amides is 1. The number of hydrogen-bond donors (Lipinski definition) is 3. The molecule has 4 N–H and O–H groups in total. The van der Waals surface area contributed by atoms with E-state index in [1.807, 2.05) is 6.92 Å². The van der Waals surface area contributed by atoms with Gasteiger partial charge in [0.2, 0.25) is 5.95 Å². The predicted molar refractivity (Wildman–Crippen MR) is 90.0 cm³/mol. The highest BCUT2D eigenvalue weighted by Gasteiger charge is 2.18. The van der Waals surface area contributed by atoms with Crippen molar-refractivity contribution in [3.8, 4) is 0 Å². The lowest BCUT2D eigenvalue weighted by Crippen LogP contribution is -2.21. The Kier molecular flexibility index (Phi) is 3.98. The molecule has 3 heterocycles. The van der Waals surface area contributed by atoms with Crippen molar-refractivity contribution >= 4 is 39.1 Å². The average Bonchev–Trinajstić information content (AvgIpc) is 2.98. The Balaban J connectivity index is 2.13. The minimum absolute atomic E-state index is 0.0671. The number of nitrogens with zero attached hydrogens (tertiary/aromatic N) is 3. The minimum Gasteiger partial charge on any atom is -0.368 e. The molecule has 23 heavy (non-hydrogen) atoms. The van der Waals surface area contributed by atoms with Crippen molar-refractivity contribution in [2.75, 3.05) is 12.3 Å². The van der Waals surface area contributed by atoms with Crippen LogP contribution in [0, 0.1) is 5.41 Å². The Morgan fingerprint density at radius 2 is 2.22 bits per heavy atom. The van der Waals surface area contributed by atoms with Crippen molar-refractivity contribution in [3.63, 3.8) is 0 Å². The second-order valence-electron chi connectivity index (χ2n) is 4.71. The Hall–Kier alpha value is -2.87. The molecule has 0 aliphatic carbocycles. The van der Waals surface area contributed by atoms with Gasteiger partial charge >= 0.3 is 0 Å². The second kappa shape index (κ2) is 6.09. The van der Waals surface area contributed by atoms with E-state index >= 15 is 0 Å². The highest BCUT2D eigenvalue weighted by molar-refractivity contribution is 7.20. The predicted octanol–water partition coefficient (Wildman–Crippen LogP) is 1.83. The number of carbonyl (C=O) groups excluding carboxylic acids is 1. The normalized spacial score (nSPS) is 10.7. The lowest BCUT2D eigenvalue weighted by molar-refractivity contribution is 0.0960. The number of fused-ring (bicyclic) bond motifs is 1. The van der Waals surface area contributed by atoms with Gasteiger partial charge in [-0.05, 0) is 25.1 Å². The van der Waals surface area contributed by atoms with Crippen LogP contribution in [0.1, 0.15) is 28.0 Å². The molecule has 116 valence electrons. The highest BCUT2D eigenvalue weighted by atomic mass is 32.1. The summed E-state index contributed by atoms with van der Waals surface area (Å²) in [6.45, 7) is 2.39. The van der Waals surface area contributed by atoms with E-state index in [1.54, 1.807) is 30.5 Å². The first-order chi connectivity index (χ1) is 11.1. The van der Waals surface area contributed by atoms with Gasteiger partial charge in [-0.1, -0.05) is 6.07 Å². The summed E-state index contributed by atoms with van der Waals surface area (Å²) >= 11 is 1.23. The van der Waals surface area contributed by atoms with E-state index < -0.39 is 0 Å². The summed E-state index contributed by atoms with van der Waals surface area (Å²) in [4.78, 5) is 25.6. The van der Waals surface area contributed by atoms with Crippen molar-refractivity contribution in [1.82, 2.24) is 20.3 Å². The number of rotatable bonds is 4. The Labute approximate surface area is 136 Å². The summed E-state index contributed by atoms with van der Waals surface area (Å²) in [5, 5.41) is 11.7. The summed E-state index contributed by atoms with van der Waals surface area (Å²) < 4.78 is 0. The third kappa shape index (κ3) is 2.88. The largest absolute Gasteiger partial charge is 0.368 e. The monoisotopic (exact) mass is 326 g/mol. The molecular formula is C15H14N6OS. The van der Waals surface area contributed by atoms with Crippen molar-refractivity contribution in [2.45, 2.75) is 6.92 Å². The number of nitrogens with one attached hydrogen (secondary N) is 2. The summed E-state index contributed by atoms with van der Waals surface area (Å²) in [5.41, 5.74) is 6.75. The number of hydrogen-bond acceptors (Lipinski definition) is 7. The first-order valence-electron chi connectivity index (χ1n) is 6.95. The molecule has 0 aliphatic rings. The lowest BCUT2D eigenvalue weighted by atomic mass is 10.1. The van der Waals surface area contributed by atoms with Crippen LogP contribution in [-0.4, -0.2) is 33.1 Å². The van der Waals surface area contributed by atoms with Gasteiger partial charge in [0, 0.05) is 18.1 Å². The molecule has 0 fully saturated rings. The second-order valence-corrected chi connectivity index (χ2v) is 5.74. The lowest BCUT2D eigenvalue weighted by Gasteiger charge is -2.04. The molecule has 3 aromatic rings. The van der Waals surface area contributed by atoms with Crippen LogP contribution in [0.15, 0.2) is 30.5 Å². The maximum Gasteiger partial charge on any atom is 0.261 e. The molecule has 3 aromatic heterocycles. The van der Waals surface area contributed by atoms with Crippen molar-refractivity contribution in [2.24, 2.45) is 0 Å². The van der Waals surface area contributed by atoms with Gasteiger partial charge in [-0.3, -0.25) is 15.2 Å². The van der Waals surface area contributed by atoms with Crippen LogP contribution >= 0.6 is 11.3 Å². The quantitative estimate of drug-likeness (QED) is 0.632. The molecule has 0 unspecified atom stereocenters. The topological polar surface area (TPSA) is 118 Å². The van der Waals surface area contributed by atoms with Crippen LogP contribution in [0.3, 0.4) is 0 Å². The highest BCUT2D eigenvalue weighted by Crippen LogP contribution is 2.27. The van der Waals surface area contributed by atoms with Crippen LogP contribution in [0.5, 0.6) is 0 Å². The van der Waals surface area contributed by atoms with Gasteiger partial charge < -0.3 is 11.1 Å². The van der Waals surface area contributed by atoms with Crippen LogP contribution in [0.25, 0.3) is 10.2 Å². The molecule has 0 spiro atoms. The van der Waals surface area contributed by atoms with E-state index in [9.17, 15) is 4.79 Å². The minimum atomic E-state index is -0.176. The fourth-order valence-electron chi connectivity index (χ4n) is 2.12. The third-order valence-corrected chi connectivity index (χ3v) is 4.16. The van der Waals surface area contributed by atoms with Crippen molar-refractivity contribution < 1.29 is 4.79 Å². The first kappa shape index (κ1) is 15.0. The summed E-state index contributed by atoms with van der Waals surface area (Å²) in [6, 6.07) is 6.99. The number of nitrogen functional groups attached to an aromatic ring is 1. The van der Waals surface area contributed by atoms with Gasteiger partial charge in [0.05, 0.1) is 10.6 Å². The van der Waals surface area contributed by atoms with E-state index in [0.717, 1.165) is 0 Å². The fraction of sp³-hybridized carbons (Fsp3) is 0.133. The average molecular weight is 326 g/mol. The maximum absolute atomic E-state index is 12.0. The first-order valence-corrected chi connectivity index (χ1v) is 7.77. The van der Waals surface area contributed by atoms with Gasteiger partial charge in [-0.2, -0.15) is 0 Å². The fourth-order valence-corrected chi connectivity index (χ4v) is 3.07. The zero-order valence-corrected chi connectivity index (χ0v) is 13.1. The SMILES string of the molecule is CCNC(=O)c1cc2c(C(=N)c3ccccn3)nc(N)nc2s1. The van der Waals surface area contributed by atoms with Gasteiger partial charge in [0.1, 0.15) is 16.2 Å². The van der Waals surface area contributed by atoms with Crippen molar-refractivity contribution in [1.29, 1.82) is 5.41 Å². The molecular weight excluding hydrogens is 312 g/mol. The smallest absolute Gasteiger partial charge is 0.261 e. The van der Waals surface area contributed by atoms with E-state index in [4.69, 9.17) is 11.1 Å². The van der Waals surface area contributed by atoms with Crippen molar-refractivity contribution in [3.05, 3.63) is 46.7 Å². The molecule has 0 saturated heterocycles. The van der Waals surface area contributed by atoms with E-state index in [2.05, 4.69) is 20.3 Å². The van der Waals surface area contributed by atoms with Crippen LogP contribution in [0.2, 0.25) is 0 Å². The van der Waals surface area contributed by atoms with E-state index in [1.165, 1.54) is 11.3 Å². The number of aromatic nitrogens is 3. The molecule has 8 heteroatoms. The molecule has 3 rings (SSSR count). The van der Waals surface area contributed by atoms with Gasteiger partial charge in [0.25, 0.3) is 5.91 Å². The maximum atomic E-state index is 12.0. The molecule has 0 aliphatic heterocycles. The van der Waals surface area contributed by atoms with Crippen LogP contribution in [-0.2, 0) is 0 Å². The Bertz CT molecular complexity index is 890. The summed E-state index contributed by atoms with van der Waals surface area (Å²) in [7, 11) is 0. The Morgan fingerprint density at radius 1 is 1.39 bits per heavy atom. The van der Waals surface area contributed by atoms with Crippen LogP contribution < -0.4 is 11.1 Å². The zero-order valence-electron chi connectivity index (χ0n) is 12.3. The van der Waals surface area contributed by atoms with Gasteiger partial charge in [0.15, 0.2) is 0 Å². The number of pyridine rings is 1. The summed E-state index contributed by atoms with van der Waals surface area (Å²) in [6.07, 6.45) is 1.61. The van der Waals surface area contributed by atoms with Gasteiger partial charge in [-0.25, -0.2) is 9.97 Å². The standard InChI is InChI=1S/C15H14N6OS/c1-2-18-13(22)10-7-8-12(20-15(17)21-14(8)23-10)11(16)9-5-3-4-6-19-9/h3-7,16H,2H2,1H3,(H,18,22)(H2,17,20,21). The van der Waals surface area contributed by atoms with Crippen LogP contribution in [0.4, 0.5) is 5.95 Å². The number of thiophene rings is 1. The molecule has 0 aromatic carbocycles. The molecule has 0 saturated carbocycles. The molecule has 0 atom stereocenters. The summed E-state index contributed by atoms with van der Waals surface area (Å²) in [5.74, 6) is -0.109. The number of nitrogens with two attached hydrogens (primary N) is 1. The number of carbonyl (C=O) groups is 1. The van der Waals surface area contributed by atoms with E-state index in [0.29, 0.717) is 33.0 Å². The van der Waals surface area contributed by atoms with Gasteiger partial charge in [-0.15, -0.1) is 11.3 Å². The molecule has 7 nitrogen and oxygen atoms in total. The molecule has 1 amide bonds. The third-order valence-electron chi connectivity index (χ3n) is 3.13. The van der Waals surface area contributed by atoms with E-state index in [-0.39, 0.29) is 17.6 Å².